The topological polar surface area (TPSA) is 12.9 Å². The number of nitrogens with zero attached hydrogens (tertiary/aromatic N) is 1. The van der Waals surface area contributed by atoms with Gasteiger partial charge in [-0.2, -0.15) is 0 Å². The molecular weight excluding hydrogens is 254 g/mol. The molecule has 0 aliphatic heterocycles. The second-order valence-corrected chi connectivity index (χ2v) is 4.72. The van der Waals surface area contributed by atoms with Crippen LogP contribution >= 0.6 is 11.6 Å². The molecule has 0 aliphatic carbocycles. The zero-order valence-corrected chi connectivity index (χ0v) is 11.0. The van der Waals surface area contributed by atoms with Crippen LogP contribution in [-0.4, -0.2) is 4.98 Å². The van der Waals surface area contributed by atoms with E-state index in [1.807, 2.05) is 48.7 Å². The van der Waals surface area contributed by atoms with Gasteiger partial charge in [0.15, 0.2) is 0 Å². The van der Waals surface area contributed by atoms with Crippen LogP contribution in [0.4, 0.5) is 0 Å². The number of halogens is 1. The summed E-state index contributed by atoms with van der Waals surface area (Å²) in [6, 6.07) is 22.2. The number of hydrogen-bond donors (Lipinski definition) is 0. The number of hydrogen-bond acceptors (Lipinski definition) is 1. The second kappa shape index (κ2) is 5.25. The molecule has 2 heteroatoms. The van der Waals surface area contributed by atoms with Crippen LogP contribution in [0, 0.1) is 0 Å². The Balaban J connectivity index is 0.000000117. The van der Waals surface area contributed by atoms with Gasteiger partial charge in [0.2, 0.25) is 0 Å². The highest BCUT2D eigenvalue weighted by molar-refractivity contribution is 6.34. The van der Waals surface area contributed by atoms with Gasteiger partial charge < -0.3 is 0 Å². The minimum absolute atomic E-state index is 0.856. The van der Waals surface area contributed by atoms with Crippen LogP contribution in [0.5, 0.6) is 0 Å². The summed E-state index contributed by atoms with van der Waals surface area (Å²) in [5, 5.41) is 4.36. The van der Waals surface area contributed by atoms with Gasteiger partial charge in [0.05, 0.1) is 5.52 Å². The third kappa shape index (κ3) is 2.67. The maximum absolute atomic E-state index is 5.81. The molecule has 0 fully saturated rings. The van der Waals surface area contributed by atoms with Gasteiger partial charge in [-0.1, -0.05) is 60.1 Å². The Morgan fingerprint density at radius 2 is 1.47 bits per heavy atom. The van der Waals surface area contributed by atoms with Crippen molar-refractivity contribution in [1.82, 2.24) is 4.98 Å². The van der Waals surface area contributed by atoms with Crippen LogP contribution in [0.25, 0.3) is 21.7 Å². The first-order chi connectivity index (χ1) is 9.33. The Kier molecular flexibility index (Phi) is 3.30. The Labute approximate surface area is 116 Å². The van der Waals surface area contributed by atoms with Gasteiger partial charge in [-0.25, -0.2) is 0 Å². The highest BCUT2D eigenvalue weighted by atomic mass is 35.5. The summed E-state index contributed by atoms with van der Waals surface area (Å²) in [5.41, 5.74) is 1.06. The van der Waals surface area contributed by atoms with Crippen molar-refractivity contribution in [3.8, 4) is 0 Å². The lowest BCUT2D eigenvalue weighted by molar-refractivity contribution is 1.41. The van der Waals surface area contributed by atoms with Gasteiger partial charge in [-0.3, -0.25) is 4.98 Å². The van der Waals surface area contributed by atoms with E-state index in [1.54, 1.807) is 0 Å². The molecule has 1 heterocycles. The molecule has 0 aliphatic rings. The Morgan fingerprint density at radius 1 is 0.737 bits per heavy atom. The number of aromatic nitrogens is 1. The molecule has 0 spiro atoms. The van der Waals surface area contributed by atoms with E-state index < -0.39 is 0 Å². The van der Waals surface area contributed by atoms with E-state index in [0.717, 1.165) is 15.9 Å². The Bertz CT molecular complexity index is 709. The summed E-state index contributed by atoms with van der Waals surface area (Å²) >= 11 is 5.81. The van der Waals surface area contributed by atoms with Gasteiger partial charge in [0, 0.05) is 16.6 Å². The van der Waals surface area contributed by atoms with E-state index >= 15 is 0 Å². The van der Waals surface area contributed by atoms with Crippen LogP contribution < -0.4 is 0 Å². The molecular formula is C17H12ClN. The quantitative estimate of drug-likeness (QED) is 0.428. The van der Waals surface area contributed by atoms with Gasteiger partial charge in [0.1, 0.15) is 0 Å². The molecule has 0 saturated carbocycles. The maximum Gasteiger partial charge on any atom is 0.0701 e. The molecule has 0 N–H and O–H groups in total. The lowest BCUT2D eigenvalue weighted by atomic mass is 10.1. The number of fused-ring (bicyclic) bond motifs is 4. The van der Waals surface area contributed by atoms with E-state index in [2.05, 4.69) is 29.2 Å². The van der Waals surface area contributed by atoms with Crippen LogP contribution in [0.3, 0.4) is 0 Å². The predicted molar refractivity (Wildman–Crippen MR) is 81.9 cm³/mol. The largest absolute Gasteiger partial charge is 0.256 e. The Hall–Kier alpha value is -2.12. The maximum atomic E-state index is 5.81. The van der Waals surface area contributed by atoms with E-state index in [4.69, 9.17) is 11.6 Å². The van der Waals surface area contributed by atoms with Crippen LogP contribution in [0.15, 0.2) is 72.9 Å². The van der Waals surface area contributed by atoms with Crippen LogP contribution in [-0.2, 0) is 0 Å². The molecule has 5 rings (SSSR count). The second-order valence-electron chi connectivity index (χ2n) is 4.31. The molecule has 92 valence electrons. The summed E-state index contributed by atoms with van der Waals surface area (Å²) in [4.78, 5) is 4.18. The molecule has 0 unspecified atom stereocenters. The fourth-order valence-electron chi connectivity index (χ4n) is 1.98. The SMILES string of the molecule is Clc1cc2ccc1cc2.c1ccc2ncccc2c1. The van der Waals surface area contributed by atoms with Gasteiger partial charge in [0.25, 0.3) is 0 Å². The lowest BCUT2D eigenvalue weighted by Gasteiger charge is -1.98. The first-order valence-corrected chi connectivity index (χ1v) is 6.48. The molecule has 2 bridgehead atoms. The summed E-state index contributed by atoms with van der Waals surface area (Å²) in [6.07, 6.45) is 1.81. The summed E-state index contributed by atoms with van der Waals surface area (Å²) < 4.78 is 0. The normalized spacial score (nSPS) is 10.4. The number of pyridine rings is 1. The molecule has 1 nitrogen and oxygen atoms in total. The minimum Gasteiger partial charge on any atom is -0.256 e. The van der Waals surface area contributed by atoms with Crippen molar-refractivity contribution in [2.24, 2.45) is 0 Å². The molecule has 1 aromatic heterocycles. The molecule has 19 heavy (non-hydrogen) atoms. The smallest absolute Gasteiger partial charge is 0.0701 e. The molecule has 0 atom stereocenters. The number of para-hydroxylation sites is 1. The van der Waals surface area contributed by atoms with E-state index in [9.17, 15) is 0 Å². The van der Waals surface area contributed by atoms with Crippen molar-refractivity contribution in [2.45, 2.75) is 0 Å². The third-order valence-corrected chi connectivity index (χ3v) is 3.32. The van der Waals surface area contributed by atoms with E-state index in [-0.39, 0.29) is 0 Å². The molecule has 0 amide bonds. The highest BCUT2D eigenvalue weighted by Gasteiger charge is 1.94. The summed E-state index contributed by atoms with van der Waals surface area (Å²) in [5.74, 6) is 0. The fourth-order valence-corrected chi connectivity index (χ4v) is 2.24. The average molecular weight is 266 g/mol. The zero-order valence-electron chi connectivity index (χ0n) is 10.3. The first-order valence-electron chi connectivity index (χ1n) is 6.10. The Morgan fingerprint density at radius 3 is 2.05 bits per heavy atom. The zero-order chi connectivity index (χ0) is 13.1. The van der Waals surface area contributed by atoms with Crippen molar-refractivity contribution in [1.29, 1.82) is 0 Å². The summed E-state index contributed by atoms with van der Waals surface area (Å²) in [7, 11) is 0. The molecule has 0 saturated heterocycles. The van der Waals surface area contributed by atoms with Crippen molar-refractivity contribution >= 4 is 33.3 Å². The van der Waals surface area contributed by atoms with Crippen LogP contribution in [0.2, 0.25) is 5.02 Å². The highest BCUT2D eigenvalue weighted by Crippen LogP contribution is 2.22. The number of rotatable bonds is 0. The van der Waals surface area contributed by atoms with Gasteiger partial charge in [-0.05, 0) is 29.0 Å². The van der Waals surface area contributed by atoms with Crippen molar-refractivity contribution < 1.29 is 0 Å². The average Bonchev–Trinajstić information content (AvgIpc) is 2.49. The van der Waals surface area contributed by atoms with Gasteiger partial charge in [-0.15, -0.1) is 0 Å². The standard InChI is InChI=1S/C9H7N.C8H5Cl/c1-2-6-9-8(4-1)5-3-7-10-9;9-8-5-6-1-3-7(8)4-2-6/h1-7H;1-5H. The lowest BCUT2D eigenvalue weighted by Crippen LogP contribution is -1.73. The monoisotopic (exact) mass is 265 g/mol. The number of benzene rings is 4. The predicted octanol–water partition coefficient (Wildman–Crippen LogP) is 5.17. The fraction of sp³-hybridized carbons (Fsp3) is 0. The van der Waals surface area contributed by atoms with Crippen molar-refractivity contribution in [3.63, 3.8) is 0 Å². The van der Waals surface area contributed by atoms with Crippen LogP contribution in [0.1, 0.15) is 0 Å². The van der Waals surface area contributed by atoms with Gasteiger partial charge >= 0.3 is 0 Å². The minimum atomic E-state index is 0.856. The molecule has 0 radical (unpaired) electrons. The molecule has 5 aromatic rings. The molecule has 4 aromatic carbocycles. The van der Waals surface area contributed by atoms with Crippen molar-refractivity contribution in [2.75, 3.05) is 0 Å². The van der Waals surface area contributed by atoms with E-state index in [0.29, 0.717) is 0 Å². The van der Waals surface area contributed by atoms with Crippen molar-refractivity contribution in [3.05, 3.63) is 77.9 Å². The first kappa shape index (κ1) is 11.9. The summed E-state index contributed by atoms with van der Waals surface area (Å²) in [6.45, 7) is 0. The van der Waals surface area contributed by atoms with E-state index in [1.165, 1.54) is 10.8 Å². The third-order valence-electron chi connectivity index (χ3n) is 2.99.